The maximum Gasteiger partial charge on any atom is 0.228 e. The van der Waals surface area contributed by atoms with Gasteiger partial charge in [0, 0.05) is 65.0 Å². The van der Waals surface area contributed by atoms with Gasteiger partial charge in [-0.15, -0.1) is 0 Å². The second-order valence-electron chi connectivity index (χ2n) is 8.62. The van der Waals surface area contributed by atoms with Crippen LogP contribution in [0.25, 0.3) is 0 Å². The van der Waals surface area contributed by atoms with E-state index >= 15 is 0 Å². The molecule has 1 spiro atoms. The summed E-state index contributed by atoms with van der Waals surface area (Å²) in [5, 5.41) is 4.34. The Morgan fingerprint density at radius 2 is 2.14 bits per heavy atom. The van der Waals surface area contributed by atoms with Gasteiger partial charge < -0.3 is 9.64 Å². The van der Waals surface area contributed by atoms with Crippen LogP contribution in [0.5, 0.6) is 0 Å². The Bertz CT molecular complexity index is 814. The molecule has 0 aromatic carbocycles. The lowest BCUT2D eigenvalue weighted by molar-refractivity contribution is -0.132. The number of methoxy groups -OCH3 is 1. The van der Waals surface area contributed by atoms with Crippen molar-refractivity contribution in [3.05, 3.63) is 48.0 Å². The number of carbonyl (C=O) groups excluding carboxylic acids is 1. The monoisotopic (exact) mass is 397 g/mol. The van der Waals surface area contributed by atoms with E-state index < -0.39 is 0 Å². The lowest BCUT2D eigenvalue weighted by Gasteiger charge is -2.39. The number of aromatic nitrogens is 3. The van der Waals surface area contributed by atoms with Crippen molar-refractivity contribution in [2.75, 3.05) is 33.4 Å². The third-order valence-electron chi connectivity index (χ3n) is 6.47. The van der Waals surface area contributed by atoms with E-state index in [1.54, 1.807) is 11.8 Å². The Hall–Kier alpha value is -2.25. The molecule has 2 aromatic rings. The van der Waals surface area contributed by atoms with Gasteiger partial charge in [-0.25, -0.2) is 0 Å². The van der Waals surface area contributed by atoms with Crippen molar-refractivity contribution >= 4 is 5.91 Å². The van der Waals surface area contributed by atoms with Crippen LogP contribution in [-0.4, -0.2) is 69.9 Å². The summed E-state index contributed by atoms with van der Waals surface area (Å²) in [4.78, 5) is 21.5. The zero-order valence-electron chi connectivity index (χ0n) is 17.5. The summed E-state index contributed by atoms with van der Waals surface area (Å²) in [7, 11) is 3.67. The van der Waals surface area contributed by atoms with Crippen molar-refractivity contribution in [2.24, 2.45) is 12.5 Å². The van der Waals surface area contributed by atoms with Crippen LogP contribution in [-0.2, 0) is 29.5 Å². The quantitative estimate of drug-likeness (QED) is 0.745. The van der Waals surface area contributed by atoms with Crippen molar-refractivity contribution in [2.45, 2.75) is 38.3 Å². The molecule has 2 fully saturated rings. The first kappa shape index (κ1) is 20.0. The first-order valence-corrected chi connectivity index (χ1v) is 10.5. The van der Waals surface area contributed by atoms with Crippen LogP contribution >= 0.6 is 0 Å². The van der Waals surface area contributed by atoms with E-state index in [-0.39, 0.29) is 11.3 Å². The zero-order chi connectivity index (χ0) is 20.3. The summed E-state index contributed by atoms with van der Waals surface area (Å²) in [5.41, 5.74) is 2.38. The van der Waals surface area contributed by atoms with Gasteiger partial charge in [-0.05, 0) is 42.4 Å². The molecule has 0 N–H and O–H groups in total. The van der Waals surface area contributed by atoms with Gasteiger partial charge >= 0.3 is 0 Å². The molecule has 2 aromatic heterocycles. The SMILES string of the molecule is COCC1CC2(CCN(C(=O)Cc3ccn(C)n3)CC2)CN1Cc1cccnc1. The average molecular weight is 398 g/mol. The fourth-order valence-corrected chi connectivity index (χ4v) is 4.94. The highest BCUT2D eigenvalue weighted by atomic mass is 16.5. The second-order valence-corrected chi connectivity index (χ2v) is 8.62. The molecule has 29 heavy (non-hydrogen) atoms. The molecule has 1 amide bonds. The predicted octanol–water partition coefficient (Wildman–Crippen LogP) is 1.89. The van der Waals surface area contributed by atoms with Crippen LogP contribution in [0.3, 0.4) is 0 Å². The molecule has 4 heterocycles. The summed E-state index contributed by atoms with van der Waals surface area (Å²) in [6, 6.07) is 6.49. The van der Waals surface area contributed by atoms with Crippen molar-refractivity contribution in [3.63, 3.8) is 0 Å². The van der Waals surface area contributed by atoms with E-state index in [4.69, 9.17) is 4.74 Å². The number of pyridine rings is 1. The van der Waals surface area contributed by atoms with Gasteiger partial charge in [0.2, 0.25) is 5.91 Å². The number of ether oxygens (including phenoxy) is 1. The smallest absolute Gasteiger partial charge is 0.228 e. The molecule has 0 bridgehead atoms. The highest BCUT2D eigenvalue weighted by Gasteiger charge is 2.45. The summed E-state index contributed by atoms with van der Waals surface area (Å²) in [6.45, 7) is 4.41. The van der Waals surface area contributed by atoms with Crippen LogP contribution in [0.2, 0.25) is 0 Å². The van der Waals surface area contributed by atoms with Crippen LogP contribution in [0.1, 0.15) is 30.5 Å². The fourth-order valence-electron chi connectivity index (χ4n) is 4.94. The van der Waals surface area contributed by atoms with Crippen LogP contribution in [0.15, 0.2) is 36.8 Å². The molecule has 2 saturated heterocycles. The number of nitrogens with zero attached hydrogens (tertiary/aromatic N) is 5. The summed E-state index contributed by atoms with van der Waals surface area (Å²) < 4.78 is 7.27. The summed E-state index contributed by atoms with van der Waals surface area (Å²) in [5.74, 6) is 0.192. The molecule has 7 heteroatoms. The number of likely N-dealkylation sites (tertiary alicyclic amines) is 2. The van der Waals surface area contributed by atoms with Gasteiger partial charge in [-0.1, -0.05) is 6.07 Å². The minimum absolute atomic E-state index is 0.192. The molecule has 2 aliphatic heterocycles. The van der Waals surface area contributed by atoms with Crippen molar-refractivity contribution in [3.8, 4) is 0 Å². The van der Waals surface area contributed by atoms with Gasteiger partial charge in [-0.2, -0.15) is 5.10 Å². The lowest BCUT2D eigenvalue weighted by Crippen LogP contribution is -2.44. The standard InChI is InChI=1S/C22H31N5O2/c1-25-9-5-19(24-25)12-21(28)26-10-6-22(7-11-26)13-20(16-29-2)27(17-22)15-18-4-3-8-23-14-18/h3-5,8-9,14,20H,6-7,10-13,15-17H2,1-2H3. The largest absolute Gasteiger partial charge is 0.383 e. The van der Waals surface area contributed by atoms with Crippen LogP contribution in [0, 0.1) is 5.41 Å². The predicted molar refractivity (Wildman–Crippen MR) is 110 cm³/mol. The van der Waals surface area contributed by atoms with E-state index in [0.717, 1.165) is 57.7 Å². The Morgan fingerprint density at radius 1 is 1.31 bits per heavy atom. The Kier molecular flexibility index (Phi) is 5.96. The Labute approximate surface area is 172 Å². The summed E-state index contributed by atoms with van der Waals surface area (Å²) in [6.07, 6.45) is 9.32. The van der Waals surface area contributed by atoms with Gasteiger partial charge in [0.15, 0.2) is 0 Å². The molecule has 0 radical (unpaired) electrons. The number of rotatable bonds is 6. The minimum Gasteiger partial charge on any atom is -0.383 e. The second kappa shape index (κ2) is 8.63. The van der Waals surface area contributed by atoms with Crippen LogP contribution in [0.4, 0.5) is 0 Å². The highest BCUT2D eigenvalue weighted by Crippen LogP contribution is 2.44. The molecule has 156 valence electrons. The van der Waals surface area contributed by atoms with Gasteiger partial charge in [0.1, 0.15) is 0 Å². The van der Waals surface area contributed by atoms with E-state index in [9.17, 15) is 4.79 Å². The van der Waals surface area contributed by atoms with Crippen LogP contribution < -0.4 is 0 Å². The minimum atomic E-state index is 0.192. The average Bonchev–Trinajstić information content (AvgIpc) is 3.27. The van der Waals surface area contributed by atoms with Gasteiger partial charge in [0.05, 0.1) is 18.7 Å². The van der Waals surface area contributed by atoms with Gasteiger partial charge in [-0.3, -0.25) is 19.4 Å². The number of carbonyl (C=O) groups is 1. The zero-order valence-corrected chi connectivity index (χ0v) is 17.5. The fraction of sp³-hybridized carbons (Fsp3) is 0.591. The van der Waals surface area contributed by atoms with E-state index in [1.807, 2.05) is 42.7 Å². The van der Waals surface area contributed by atoms with Crippen molar-refractivity contribution in [1.82, 2.24) is 24.6 Å². The maximum atomic E-state index is 12.7. The molecule has 1 atom stereocenters. The maximum absolute atomic E-state index is 12.7. The molecule has 7 nitrogen and oxygen atoms in total. The molecule has 1 unspecified atom stereocenters. The van der Waals surface area contributed by atoms with E-state index in [1.165, 1.54) is 5.56 Å². The number of piperidine rings is 1. The normalized spacial score (nSPS) is 21.7. The lowest BCUT2D eigenvalue weighted by atomic mass is 9.76. The molecule has 2 aliphatic rings. The Morgan fingerprint density at radius 3 is 2.79 bits per heavy atom. The van der Waals surface area contributed by atoms with Crippen molar-refractivity contribution < 1.29 is 9.53 Å². The third-order valence-corrected chi connectivity index (χ3v) is 6.47. The van der Waals surface area contributed by atoms with E-state index in [2.05, 4.69) is 21.0 Å². The first-order valence-electron chi connectivity index (χ1n) is 10.5. The molecule has 0 aliphatic carbocycles. The van der Waals surface area contributed by atoms with Gasteiger partial charge in [0.25, 0.3) is 0 Å². The topological polar surface area (TPSA) is 63.5 Å². The number of hydrogen-bond donors (Lipinski definition) is 0. The first-order chi connectivity index (χ1) is 14.1. The third kappa shape index (κ3) is 4.67. The molecular formula is C22H31N5O2. The van der Waals surface area contributed by atoms with E-state index in [0.29, 0.717) is 12.5 Å². The summed E-state index contributed by atoms with van der Waals surface area (Å²) >= 11 is 0. The number of amides is 1. The Balaban J connectivity index is 1.36. The highest BCUT2D eigenvalue weighted by molar-refractivity contribution is 5.78. The molecular weight excluding hydrogens is 366 g/mol. The van der Waals surface area contributed by atoms with Crippen molar-refractivity contribution in [1.29, 1.82) is 0 Å². The number of aryl methyl sites for hydroxylation is 1. The molecule has 0 saturated carbocycles. The molecule has 4 rings (SSSR count). The number of hydrogen-bond acceptors (Lipinski definition) is 5.